The molecule has 0 saturated heterocycles. The van der Waals surface area contributed by atoms with Crippen LogP contribution in [0, 0.1) is 11.8 Å². The zero-order chi connectivity index (χ0) is 13.0. The Morgan fingerprint density at radius 2 is 1.84 bits per heavy atom. The zero-order valence-corrected chi connectivity index (χ0v) is 11.7. The first-order valence-corrected chi connectivity index (χ1v) is 7.50. The fourth-order valence-electron chi connectivity index (χ4n) is 3.96. The zero-order valence-electron chi connectivity index (χ0n) is 11.7. The molecule has 0 radical (unpaired) electrons. The monoisotopic (exact) mass is 251 g/mol. The Kier molecular flexibility index (Phi) is 2.46. The molecule has 2 aliphatic rings. The van der Waals surface area contributed by atoms with Crippen LogP contribution in [0.3, 0.4) is 0 Å². The number of nitrogens with one attached hydrogen (secondary N) is 1. The molecule has 0 amide bonds. The highest BCUT2D eigenvalue weighted by molar-refractivity contribution is 5.93. The highest BCUT2D eigenvalue weighted by Gasteiger charge is 2.40. The molecule has 1 N–H and O–H groups in total. The summed E-state index contributed by atoms with van der Waals surface area (Å²) in [7, 11) is 2.11. The molecule has 0 spiro atoms. The second-order valence-corrected chi connectivity index (χ2v) is 6.30. The summed E-state index contributed by atoms with van der Waals surface area (Å²) in [5.74, 6) is 1.70. The first kappa shape index (κ1) is 11.5. The smallest absolute Gasteiger partial charge is 0.0355 e. The normalized spacial score (nSPS) is 25.8. The van der Waals surface area contributed by atoms with Gasteiger partial charge in [-0.1, -0.05) is 37.3 Å². The van der Waals surface area contributed by atoms with E-state index in [0.717, 1.165) is 11.8 Å². The summed E-state index contributed by atoms with van der Waals surface area (Å²) in [5.41, 5.74) is 4.61. The van der Waals surface area contributed by atoms with Gasteiger partial charge in [-0.25, -0.2) is 0 Å². The van der Waals surface area contributed by atoms with Crippen molar-refractivity contribution in [3.8, 4) is 0 Å². The fourth-order valence-corrected chi connectivity index (χ4v) is 3.96. The quantitative estimate of drug-likeness (QED) is 0.873. The van der Waals surface area contributed by atoms with Gasteiger partial charge in [-0.15, -0.1) is 0 Å². The van der Waals surface area contributed by atoms with Crippen molar-refractivity contribution in [2.75, 3.05) is 7.05 Å². The second-order valence-electron chi connectivity index (χ2n) is 6.30. The van der Waals surface area contributed by atoms with Crippen molar-refractivity contribution in [1.29, 1.82) is 0 Å². The lowest BCUT2D eigenvalue weighted by atomic mass is 9.93. The van der Waals surface area contributed by atoms with Gasteiger partial charge in [-0.3, -0.25) is 0 Å². The van der Waals surface area contributed by atoms with Crippen molar-refractivity contribution in [2.45, 2.75) is 32.2 Å². The van der Waals surface area contributed by atoms with E-state index in [-0.39, 0.29) is 0 Å². The summed E-state index contributed by atoms with van der Waals surface area (Å²) in [4.78, 5) is 0. The second kappa shape index (κ2) is 4.08. The maximum absolute atomic E-state index is 3.56. The van der Waals surface area contributed by atoms with E-state index in [0.29, 0.717) is 6.04 Å². The Hall–Kier alpha value is -1.34. The van der Waals surface area contributed by atoms with Crippen LogP contribution in [0.2, 0.25) is 0 Å². The summed E-state index contributed by atoms with van der Waals surface area (Å²) in [5, 5.41) is 6.60. The number of benzene rings is 2. The van der Waals surface area contributed by atoms with Crippen LogP contribution in [0.1, 0.15) is 36.1 Å². The van der Waals surface area contributed by atoms with Gasteiger partial charge in [0.2, 0.25) is 0 Å². The first-order valence-electron chi connectivity index (χ1n) is 7.50. The Labute approximate surface area is 115 Å². The summed E-state index contributed by atoms with van der Waals surface area (Å²) >= 11 is 0. The van der Waals surface area contributed by atoms with Gasteiger partial charge in [0.05, 0.1) is 0 Å². The predicted octanol–water partition coefficient (Wildman–Crippen LogP) is 3.85. The number of rotatable bonds is 3. The highest BCUT2D eigenvalue weighted by atomic mass is 14.9. The molecule has 19 heavy (non-hydrogen) atoms. The van der Waals surface area contributed by atoms with Crippen molar-refractivity contribution in [2.24, 2.45) is 11.8 Å². The van der Waals surface area contributed by atoms with Crippen molar-refractivity contribution in [1.82, 2.24) is 5.32 Å². The van der Waals surface area contributed by atoms with E-state index in [1.54, 1.807) is 16.5 Å². The SMILES string of the molecule is CNC(c1ccc2c3c(cccc13)CC2)C1CC1C. The van der Waals surface area contributed by atoms with Gasteiger partial charge in [0.15, 0.2) is 0 Å². The van der Waals surface area contributed by atoms with Crippen LogP contribution in [0.5, 0.6) is 0 Å². The maximum atomic E-state index is 3.56. The van der Waals surface area contributed by atoms with Gasteiger partial charge >= 0.3 is 0 Å². The molecule has 0 bridgehead atoms. The van der Waals surface area contributed by atoms with E-state index in [2.05, 4.69) is 49.6 Å². The molecule has 0 aliphatic heterocycles. The molecule has 1 heteroatoms. The van der Waals surface area contributed by atoms with E-state index in [9.17, 15) is 0 Å². The van der Waals surface area contributed by atoms with Gasteiger partial charge in [-0.05, 0) is 65.6 Å². The van der Waals surface area contributed by atoms with Crippen LogP contribution in [-0.4, -0.2) is 7.05 Å². The van der Waals surface area contributed by atoms with Crippen LogP contribution in [0.4, 0.5) is 0 Å². The van der Waals surface area contributed by atoms with Crippen molar-refractivity contribution in [3.05, 3.63) is 47.0 Å². The summed E-state index contributed by atoms with van der Waals surface area (Å²) in [6.45, 7) is 2.37. The van der Waals surface area contributed by atoms with Crippen molar-refractivity contribution < 1.29 is 0 Å². The minimum Gasteiger partial charge on any atom is -0.313 e. The van der Waals surface area contributed by atoms with Crippen LogP contribution in [0.15, 0.2) is 30.3 Å². The predicted molar refractivity (Wildman–Crippen MR) is 80.4 cm³/mol. The first-order chi connectivity index (χ1) is 9.29. The average Bonchev–Trinajstić information content (AvgIpc) is 2.99. The molecule has 1 nitrogen and oxygen atoms in total. The molecule has 4 rings (SSSR count). The molecule has 2 aliphatic carbocycles. The Balaban J connectivity index is 1.91. The molecule has 0 aromatic heterocycles. The molecule has 2 aromatic rings. The summed E-state index contributed by atoms with van der Waals surface area (Å²) in [6, 6.07) is 12.1. The maximum Gasteiger partial charge on any atom is 0.0355 e. The molecule has 3 unspecified atom stereocenters. The van der Waals surface area contributed by atoms with E-state index < -0.39 is 0 Å². The lowest BCUT2D eigenvalue weighted by molar-refractivity contribution is 0.507. The largest absolute Gasteiger partial charge is 0.313 e. The molecular formula is C18H21N. The standard InChI is InChI=1S/C18H21N/c1-11-10-16(11)18(19-2)15-9-8-13-7-6-12-4-3-5-14(15)17(12)13/h3-5,8-9,11,16,18-19H,6-7,10H2,1-2H3. The number of hydrogen-bond acceptors (Lipinski definition) is 1. The van der Waals surface area contributed by atoms with Gasteiger partial charge in [0.25, 0.3) is 0 Å². The Morgan fingerprint density at radius 1 is 1.11 bits per heavy atom. The average molecular weight is 251 g/mol. The van der Waals surface area contributed by atoms with E-state index in [1.165, 1.54) is 30.2 Å². The van der Waals surface area contributed by atoms with E-state index >= 15 is 0 Å². The van der Waals surface area contributed by atoms with Gasteiger partial charge < -0.3 is 5.32 Å². The Bertz CT molecular complexity index is 633. The van der Waals surface area contributed by atoms with Crippen LogP contribution >= 0.6 is 0 Å². The van der Waals surface area contributed by atoms with E-state index in [4.69, 9.17) is 0 Å². The topological polar surface area (TPSA) is 12.0 Å². The number of aryl methyl sites for hydroxylation is 2. The molecule has 3 atom stereocenters. The van der Waals surface area contributed by atoms with Gasteiger partial charge in [-0.2, -0.15) is 0 Å². The highest BCUT2D eigenvalue weighted by Crippen LogP contribution is 2.48. The fraction of sp³-hybridized carbons (Fsp3) is 0.444. The summed E-state index contributed by atoms with van der Waals surface area (Å²) in [6.07, 6.45) is 3.81. The van der Waals surface area contributed by atoms with Crippen molar-refractivity contribution >= 4 is 10.8 Å². The molecule has 98 valence electrons. The molecule has 1 saturated carbocycles. The lowest BCUT2D eigenvalue weighted by Crippen LogP contribution is -2.19. The minimum atomic E-state index is 0.528. The lowest BCUT2D eigenvalue weighted by Gasteiger charge is -2.19. The molecule has 2 aromatic carbocycles. The third kappa shape index (κ3) is 1.64. The van der Waals surface area contributed by atoms with Gasteiger partial charge in [0.1, 0.15) is 0 Å². The third-order valence-corrected chi connectivity index (χ3v) is 5.16. The number of hydrogen-bond donors (Lipinski definition) is 1. The van der Waals surface area contributed by atoms with Crippen LogP contribution in [0.25, 0.3) is 10.8 Å². The van der Waals surface area contributed by atoms with E-state index in [1.807, 2.05) is 0 Å². The van der Waals surface area contributed by atoms with Crippen LogP contribution < -0.4 is 5.32 Å². The Morgan fingerprint density at radius 3 is 2.53 bits per heavy atom. The molecule has 1 fully saturated rings. The summed E-state index contributed by atoms with van der Waals surface area (Å²) < 4.78 is 0. The minimum absolute atomic E-state index is 0.528. The third-order valence-electron chi connectivity index (χ3n) is 5.16. The van der Waals surface area contributed by atoms with Gasteiger partial charge in [0, 0.05) is 6.04 Å². The molecule has 0 heterocycles. The van der Waals surface area contributed by atoms with Crippen LogP contribution in [-0.2, 0) is 12.8 Å². The molecular weight excluding hydrogens is 230 g/mol. The van der Waals surface area contributed by atoms with Crippen molar-refractivity contribution in [3.63, 3.8) is 0 Å².